The van der Waals surface area contributed by atoms with Crippen LogP contribution in [0.4, 0.5) is 0 Å². The molecule has 6 nitrogen and oxygen atoms in total. The molecule has 0 radical (unpaired) electrons. The zero-order chi connectivity index (χ0) is 13.5. The van der Waals surface area contributed by atoms with Gasteiger partial charge in [0.1, 0.15) is 6.04 Å². The molecule has 7 heteroatoms. The Kier molecular flexibility index (Phi) is 7.94. The molecule has 1 aromatic rings. The fraction of sp³-hybridized carbons (Fsp3) is 0.417. The summed E-state index contributed by atoms with van der Waals surface area (Å²) in [4.78, 5) is 22.1. The number of aliphatic hydroxyl groups excluding tert-OH is 1. The lowest BCUT2D eigenvalue weighted by Gasteiger charge is -2.10. The molecular weight excluding hydrogens is 316 g/mol. The predicted molar refractivity (Wildman–Crippen MR) is 62.6 cm³/mol. The Bertz CT molecular complexity index is 422. The molecule has 0 saturated heterocycles. The Labute approximate surface area is 121 Å². The Hall–Kier alpha value is -1.47. The fourth-order valence-corrected chi connectivity index (χ4v) is 1.36. The minimum atomic E-state index is -1.24. The fourth-order valence-electron chi connectivity index (χ4n) is 1.36. The number of aromatic nitrogens is 1. The number of pyridine rings is 1. The van der Waals surface area contributed by atoms with Crippen molar-refractivity contribution in [2.24, 2.45) is 0 Å². The van der Waals surface area contributed by atoms with Crippen molar-refractivity contribution in [2.45, 2.75) is 25.9 Å². The number of carbonyl (C=O) groups is 2. The van der Waals surface area contributed by atoms with Crippen LogP contribution in [0.25, 0.3) is 0 Å². The summed E-state index contributed by atoms with van der Waals surface area (Å²) < 4.78 is 1.83. The minimum absolute atomic E-state index is 0. The standard InChI is InChI=1S/C12H16N2O4.BrH/c1-9-2-5-14(6-3-9)7-4-11(16)13-10(8-15)12(17)18;/h2-3,5-6,10,15H,4,7-8H2,1H3,(H-,13,16,17,18);1H. The van der Waals surface area contributed by atoms with Gasteiger partial charge in [-0.3, -0.25) is 4.79 Å². The lowest BCUT2D eigenvalue weighted by molar-refractivity contribution is -0.695. The van der Waals surface area contributed by atoms with Gasteiger partial charge in [0.25, 0.3) is 0 Å². The van der Waals surface area contributed by atoms with Crippen LogP contribution >= 0.6 is 0 Å². The number of aliphatic carboxylic acids is 1. The average molecular weight is 333 g/mol. The van der Waals surface area contributed by atoms with Crippen LogP contribution in [0.2, 0.25) is 0 Å². The second-order valence-electron chi connectivity index (χ2n) is 4.00. The van der Waals surface area contributed by atoms with E-state index in [4.69, 9.17) is 10.2 Å². The highest BCUT2D eigenvalue weighted by molar-refractivity contribution is 5.83. The summed E-state index contributed by atoms with van der Waals surface area (Å²) >= 11 is 0. The molecule has 0 spiro atoms. The average Bonchev–Trinajstić information content (AvgIpc) is 2.35. The van der Waals surface area contributed by atoms with Gasteiger partial charge >= 0.3 is 5.97 Å². The monoisotopic (exact) mass is 332 g/mol. The van der Waals surface area contributed by atoms with Gasteiger partial charge in [-0.15, -0.1) is 0 Å². The molecule has 1 aromatic heterocycles. The maximum Gasteiger partial charge on any atom is 0.328 e. The van der Waals surface area contributed by atoms with Gasteiger partial charge in [0, 0.05) is 12.1 Å². The number of hydrogen-bond acceptors (Lipinski definition) is 3. The Balaban J connectivity index is 0.00000324. The van der Waals surface area contributed by atoms with E-state index in [1.165, 1.54) is 0 Å². The number of aliphatic hydroxyl groups is 1. The molecule has 106 valence electrons. The van der Waals surface area contributed by atoms with Crippen LogP contribution in [0.5, 0.6) is 0 Å². The van der Waals surface area contributed by atoms with Gasteiger partial charge in [-0.25, -0.2) is 9.36 Å². The number of amides is 1. The predicted octanol–water partition coefficient (Wildman–Crippen LogP) is -3.76. The zero-order valence-electron chi connectivity index (χ0n) is 10.5. The highest BCUT2D eigenvalue weighted by atomic mass is 79.9. The molecule has 1 unspecified atom stereocenters. The lowest BCUT2D eigenvalue weighted by atomic mass is 10.3. The molecule has 3 N–H and O–H groups in total. The van der Waals surface area contributed by atoms with E-state index in [9.17, 15) is 9.59 Å². The van der Waals surface area contributed by atoms with Crippen molar-refractivity contribution < 1.29 is 41.4 Å². The largest absolute Gasteiger partial charge is 1.00 e. The van der Waals surface area contributed by atoms with Crippen molar-refractivity contribution in [3.8, 4) is 0 Å². The number of halogens is 1. The molecule has 1 atom stereocenters. The summed E-state index contributed by atoms with van der Waals surface area (Å²) in [6.07, 6.45) is 3.87. The Morgan fingerprint density at radius 2 is 1.95 bits per heavy atom. The van der Waals surface area contributed by atoms with Crippen LogP contribution in [-0.4, -0.2) is 34.7 Å². The molecule has 0 fully saturated rings. The summed E-state index contributed by atoms with van der Waals surface area (Å²) in [6.45, 7) is 1.82. The third kappa shape index (κ3) is 6.30. The van der Waals surface area contributed by atoms with Gasteiger partial charge in [0.05, 0.1) is 13.0 Å². The van der Waals surface area contributed by atoms with Crippen molar-refractivity contribution in [1.82, 2.24) is 5.32 Å². The quantitative estimate of drug-likeness (QED) is 0.467. The van der Waals surface area contributed by atoms with Gasteiger partial charge < -0.3 is 32.5 Å². The maximum atomic E-state index is 11.5. The zero-order valence-corrected chi connectivity index (χ0v) is 12.1. The number of nitrogens with zero attached hydrogens (tertiary/aromatic N) is 1. The van der Waals surface area contributed by atoms with Crippen LogP contribution in [0.1, 0.15) is 12.0 Å². The van der Waals surface area contributed by atoms with E-state index in [1.54, 1.807) is 0 Å². The molecule has 1 heterocycles. The van der Waals surface area contributed by atoms with Crippen LogP contribution in [0.3, 0.4) is 0 Å². The molecular formula is C12H17BrN2O4. The molecule has 0 aliphatic heterocycles. The summed E-state index contributed by atoms with van der Waals surface area (Å²) in [6, 6.07) is 2.61. The third-order valence-corrected chi connectivity index (χ3v) is 2.47. The first-order chi connectivity index (χ1) is 8.52. The highest BCUT2D eigenvalue weighted by Crippen LogP contribution is 1.91. The number of hydrogen-bond donors (Lipinski definition) is 3. The molecule has 0 aliphatic rings. The van der Waals surface area contributed by atoms with E-state index < -0.39 is 24.5 Å². The van der Waals surface area contributed by atoms with E-state index in [2.05, 4.69) is 5.32 Å². The molecule has 19 heavy (non-hydrogen) atoms. The molecule has 0 aliphatic carbocycles. The molecule has 0 aromatic carbocycles. The van der Waals surface area contributed by atoms with Crippen LogP contribution in [0, 0.1) is 6.92 Å². The first-order valence-corrected chi connectivity index (χ1v) is 5.61. The van der Waals surface area contributed by atoms with E-state index in [0.29, 0.717) is 6.54 Å². The summed E-state index contributed by atoms with van der Waals surface area (Å²) in [7, 11) is 0. The number of carbonyl (C=O) groups excluding carboxylic acids is 1. The van der Waals surface area contributed by atoms with Crippen LogP contribution < -0.4 is 26.9 Å². The number of rotatable bonds is 6. The topological polar surface area (TPSA) is 90.5 Å². The number of carboxylic acid groups (broad SMARTS) is 1. The van der Waals surface area contributed by atoms with Gasteiger partial charge in [-0.1, -0.05) is 0 Å². The first kappa shape index (κ1) is 17.5. The lowest BCUT2D eigenvalue weighted by Crippen LogP contribution is -3.00. The number of aryl methyl sites for hydroxylation is 2. The molecule has 0 saturated carbocycles. The number of carboxylic acids is 1. The third-order valence-electron chi connectivity index (χ3n) is 2.47. The summed E-state index contributed by atoms with van der Waals surface area (Å²) in [5, 5.41) is 19.7. The van der Waals surface area contributed by atoms with Gasteiger partial charge in [-0.05, 0) is 12.5 Å². The Morgan fingerprint density at radius 3 is 2.42 bits per heavy atom. The van der Waals surface area contributed by atoms with E-state index >= 15 is 0 Å². The Morgan fingerprint density at radius 1 is 1.37 bits per heavy atom. The number of nitrogens with one attached hydrogen (secondary N) is 1. The van der Waals surface area contributed by atoms with Crippen LogP contribution in [-0.2, 0) is 16.1 Å². The van der Waals surface area contributed by atoms with E-state index in [1.807, 2.05) is 36.0 Å². The van der Waals surface area contributed by atoms with Crippen molar-refractivity contribution >= 4 is 11.9 Å². The van der Waals surface area contributed by atoms with Gasteiger partial charge in [0.2, 0.25) is 5.91 Å². The van der Waals surface area contributed by atoms with Gasteiger partial charge in [0.15, 0.2) is 18.9 Å². The highest BCUT2D eigenvalue weighted by Gasteiger charge is 2.19. The van der Waals surface area contributed by atoms with Gasteiger partial charge in [-0.2, -0.15) is 0 Å². The maximum absolute atomic E-state index is 11.5. The normalized spacial score (nSPS) is 11.3. The van der Waals surface area contributed by atoms with Crippen molar-refractivity contribution in [2.75, 3.05) is 6.61 Å². The molecule has 1 amide bonds. The second-order valence-corrected chi connectivity index (χ2v) is 4.00. The van der Waals surface area contributed by atoms with Crippen LogP contribution in [0.15, 0.2) is 24.5 Å². The smallest absolute Gasteiger partial charge is 0.328 e. The second kappa shape index (κ2) is 8.60. The summed E-state index contributed by atoms with van der Waals surface area (Å²) in [5.41, 5.74) is 1.13. The van der Waals surface area contributed by atoms with Crippen molar-refractivity contribution in [3.63, 3.8) is 0 Å². The van der Waals surface area contributed by atoms with Crippen molar-refractivity contribution in [3.05, 3.63) is 30.1 Å². The van der Waals surface area contributed by atoms with Crippen molar-refractivity contribution in [1.29, 1.82) is 0 Å². The SMILES string of the molecule is Cc1cc[n+](CCC(=O)NC(CO)C(=O)O)cc1.[Br-]. The first-order valence-electron chi connectivity index (χ1n) is 5.61. The molecule has 1 rings (SSSR count). The molecule has 0 bridgehead atoms. The summed E-state index contributed by atoms with van der Waals surface area (Å²) in [5.74, 6) is -1.64. The minimum Gasteiger partial charge on any atom is -1.00 e. The van der Waals surface area contributed by atoms with E-state index in [-0.39, 0.29) is 23.4 Å². The van der Waals surface area contributed by atoms with E-state index in [0.717, 1.165) is 5.56 Å².